The van der Waals surface area contributed by atoms with Gasteiger partial charge in [-0.2, -0.15) is 0 Å². The van der Waals surface area contributed by atoms with Crippen molar-refractivity contribution in [3.05, 3.63) is 61.1 Å². The number of anilines is 2. The summed E-state index contributed by atoms with van der Waals surface area (Å²) in [5, 5.41) is 2.43. The fraction of sp³-hybridized carbons (Fsp3) is 0.111. The van der Waals surface area contributed by atoms with Gasteiger partial charge < -0.3 is 9.47 Å². The van der Waals surface area contributed by atoms with Crippen LogP contribution in [0.1, 0.15) is 0 Å². The van der Waals surface area contributed by atoms with Gasteiger partial charge in [-0.25, -0.2) is 9.97 Å². The van der Waals surface area contributed by atoms with Gasteiger partial charge in [0.05, 0.1) is 11.8 Å². The van der Waals surface area contributed by atoms with Crippen molar-refractivity contribution in [3.63, 3.8) is 0 Å². The first-order chi connectivity index (χ1) is 10.8. The quantitative estimate of drug-likeness (QED) is 0.561. The van der Waals surface area contributed by atoms with Crippen LogP contribution in [-0.2, 0) is 7.05 Å². The van der Waals surface area contributed by atoms with E-state index in [1.807, 2.05) is 37.3 Å². The number of fused-ring (bicyclic) bond motifs is 2. The molecule has 0 atom stereocenters. The Balaban J connectivity index is 1.94. The molecule has 4 aromatic rings. The van der Waals surface area contributed by atoms with Gasteiger partial charge in [0.15, 0.2) is 5.82 Å². The van der Waals surface area contributed by atoms with E-state index in [-0.39, 0.29) is 0 Å². The molecule has 108 valence electrons. The summed E-state index contributed by atoms with van der Waals surface area (Å²) in [5.74, 6) is 0.870. The number of benzene rings is 2. The van der Waals surface area contributed by atoms with E-state index >= 15 is 0 Å². The lowest BCUT2D eigenvalue weighted by Gasteiger charge is -2.20. The Morgan fingerprint density at radius 2 is 1.77 bits per heavy atom. The van der Waals surface area contributed by atoms with Crippen molar-refractivity contribution >= 4 is 33.3 Å². The van der Waals surface area contributed by atoms with Crippen LogP contribution in [0.2, 0.25) is 0 Å². The summed E-state index contributed by atoms with van der Waals surface area (Å²) in [7, 11) is 4.04. The van der Waals surface area contributed by atoms with Gasteiger partial charge in [0, 0.05) is 31.4 Å². The molecule has 2 aromatic heterocycles. The van der Waals surface area contributed by atoms with Crippen molar-refractivity contribution in [1.29, 1.82) is 0 Å². The molecule has 0 amide bonds. The van der Waals surface area contributed by atoms with Crippen LogP contribution in [0.3, 0.4) is 0 Å². The van der Waals surface area contributed by atoms with Gasteiger partial charge in [-0.3, -0.25) is 0 Å². The number of imidazole rings is 1. The Labute approximate surface area is 128 Å². The molecule has 2 heterocycles. The van der Waals surface area contributed by atoms with E-state index in [2.05, 4.69) is 57.3 Å². The Morgan fingerprint density at radius 3 is 2.68 bits per heavy atom. The summed E-state index contributed by atoms with van der Waals surface area (Å²) < 4.78 is 2.01. The smallest absolute Gasteiger partial charge is 0.161 e. The summed E-state index contributed by atoms with van der Waals surface area (Å²) in [6.45, 7) is 0. The van der Waals surface area contributed by atoms with Gasteiger partial charge in [-0.1, -0.05) is 36.4 Å². The largest absolute Gasteiger partial charge is 0.334 e. The van der Waals surface area contributed by atoms with Gasteiger partial charge >= 0.3 is 0 Å². The molecule has 0 aliphatic rings. The van der Waals surface area contributed by atoms with Crippen LogP contribution in [0.5, 0.6) is 0 Å². The average molecular weight is 288 g/mol. The predicted molar refractivity (Wildman–Crippen MR) is 90.5 cm³/mol. The third-order valence-electron chi connectivity index (χ3n) is 4.07. The summed E-state index contributed by atoms with van der Waals surface area (Å²) in [5.41, 5.74) is 3.13. The van der Waals surface area contributed by atoms with Gasteiger partial charge in [0.25, 0.3) is 0 Å². The van der Waals surface area contributed by atoms with Crippen LogP contribution in [-0.4, -0.2) is 21.6 Å². The van der Waals surface area contributed by atoms with Crippen molar-refractivity contribution in [2.24, 2.45) is 7.05 Å². The number of hydrogen-bond donors (Lipinski definition) is 0. The molecule has 0 bridgehead atoms. The van der Waals surface area contributed by atoms with Crippen molar-refractivity contribution in [1.82, 2.24) is 14.5 Å². The summed E-state index contributed by atoms with van der Waals surface area (Å²) >= 11 is 0. The van der Waals surface area contributed by atoms with Crippen LogP contribution in [0.4, 0.5) is 11.5 Å². The highest BCUT2D eigenvalue weighted by atomic mass is 15.2. The van der Waals surface area contributed by atoms with E-state index in [4.69, 9.17) is 0 Å². The minimum Gasteiger partial charge on any atom is -0.334 e. The summed E-state index contributed by atoms with van der Waals surface area (Å²) in [6, 6.07) is 16.7. The number of nitrogens with zero attached hydrogens (tertiary/aromatic N) is 4. The molecule has 2 aromatic carbocycles. The van der Waals surface area contributed by atoms with Gasteiger partial charge in [-0.05, 0) is 17.5 Å². The monoisotopic (exact) mass is 288 g/mol. The Kier molecular flexibility index (Phi) is 2.82. The molecule has 0 saturated carbocycles. The molecule has 22 heavy (non-hydrogen) atoms. The molecule has 4 rings (SSSR count). The maximum Gasteiger partial charge on any atom is 0.161 e. The zero-order chi connectivity index (χ0) is 15.1. The zero-order valence-electron chi connectivity index (χ0n) is 12.6. The van der Waals surface area contributed by atoms with Crippen LogP contribution >= 0.6 is 0 Å². The molecule has 0 radical (unpaired) electrons. The SMILES string of the molecule is CN(c1cccc2ccccc12)c1nccc2c1ncn2C. The number of pyridine rings is 1. The molecule has 0 saturated heterocycles. The molecule has 0 unspecified atom stereocenters. The van der Waals surface area contributed by atoms with E-state index < -0.39 is 0 Å². The minimum atomic E-state index is 0.870. The molecule has 0 N–H and O–H groups in total. The standard InChI is InChI=1S/C18H16N4/c1-21-12-20-17-16(21)10-11-19-18(17)22(2)15-9-5-7-13-6-3-4-8-14(13)15/h3-12H,1-2H3. The second-order valence-electron chi connectivity index (χ2n) is 5.42. The highest BCUT2D eigenvalue weighted by Crippen LogP contribution is 2.32. The van der Waals surface area contributed by atoms with E-state index in [0.717, 1.165) is 22.5 Å². The maximum atomic E-state index is 4.55. The summed E-state index contributed by atoms with van der Waals surface area (Å²) in [6.07, 6.45) is 3.66. The third-order valence-corrected chi connectivity index (χ3v) is 4.07. The number of aromatic nitrogens is 3. The van der Waals surface area contributed by atoms with Crippen LogP contribution < -0.4 is 4.90 Å². The maximum absolute atomic E-state index is 4.55. The first kappa shape index (κ1) is 12.8. The highest BCUT2D eigenvalue weighted by Gasteiger charge is 2.14. The second-order valence-corrected chi connectivity index (χ2v) is 5.42. The Bertz CT molecular complexity index is 966. The molecule has 4 nitrogen and oxygen atoms in total. The topological polar surface area (TPSA) is 34.0 Å². The lowest BCUT2D eigenvalue weighted by molar-refractivity contribution is 0.947. The fourth-order valence-corrected chi connectivity index (χ4v) is 2.91. The van der Waals surface area contributed by atoms with Crippen molar-refractivity contribution < 1.29 is 0 Å². The molecular formula is C18H16N4. The third kappa shape index (κ3) is 1.84. The van der Waals surface area contributed by atoms with Crippen molar-refractivity contribution in [2.45, 2.75) is 0 Å². The highest BCUT2D eigenvalue weighted by molar-refractivity contribution is 5.98. The molecular weight excluding hydrogens is 272 g/mol. The molecule has 0 aliphatic heterocycles. The summed E-state index contributed by atoms with van der Waals surface area (Å²) in [4.78, 5) is 11.2. The fourth-order valence-electron chi connectivity index (χ4n) is 2.91. The first-order valence-electron chi connectivity index (χ1n) is 7.23. The van der Waals surface area contributed by atoms with E-state index in [0.29, 0.717) is 0 Å². The van der Waals surface area contributed by atoms with Gasteiger partial charge in [-0.15, -0.1) is 0 Å². The molecule has 0 fully saturated rings. The Hall–Kier alpha value is -2.88. The Morgan fingerprint density at radius 1 is 0.955 bits per heavy atom. The van der Waals surface area contributed by atoms with E-state index in [1.54, 1.807) is 0 Å². The van der Waals surface area contributed by atoms with Crippen LogP contribution in [0.15, 0.2) is 61.1 Å². The molecule has 0 spiro atoms. The van der Waals surface area contributed by atoms with Crippen LogP contribution in [0.25, 0.3) is 21.8 Å². The van der Waals surface area contributed by atoms with E-state index in [1.165, 1.54) is 10.8 Å². The minimum absolute atomic E-state index is 0.870. The lowest BCUT2D eigenvalue weighted by atomic mass is 10.1. The van der Waals surface area contributed by atoms with Crippen LogP contribution in [0, 0.1) is 0 Å². The number of hydrogen-bond acceptors (Lipinski definition) is 3. The number of rotatable bonds is 2. The average Bonchev–Trinajstić information content (AvgIpc) is 2.95. The molecule has 0 aliphatic carbocycles. The first-order valence-corrected chi connectivity index (χ1v) is 7.23. The zero-order valence-corrected chi connectivity index (χ0v) is 12.6. The number of aryl methyl sites for hydroxylation is 1. The predicted octanol–water partition coefficient (Wildman–Crippen LogP) is 3.89. The van der Waals surface area contributed by atoms with E-state index in [9.17, 15) is 0 Å². The molecule has 4 heteroatoms. The van der Waals surface area contributed by atoms with Crippen molar-refractivity contribution in [2.75, 3.05) is 11.9 Å². The van der Waals surface area contributed by atoms with Crippen molar-refractivity contribution in [3.8, 4) is 0 Å². The van der Waals surface area contributed by atoms with Gasteiger partial charge in [0.2, 0.25) is 0 Å². The lowest BCUT2D eigenvalue weighted by Crippen LogP contribution is -2.12. The normalized spacial score (nSPS) is 11.2. The van der Waals surface area contributed by atoms with Gasteiger partial charge in [0.1, 0.15) is 5.52 Å². The second kappa shape index (κ2) is 4.84.